The summed E-state index contributed by atoms with van der Waals surface area (Å²) >= 11 is 3.32. The van der Waals surface area contributed by atoms with Gasteiger partial charge in [0.15, 0.2) is 0 Å². The van der Waals surface area contributed by atoms with E-state index in [1.807, 2.05) is 36.4 Å². The Kier molecular flexibility index (Phi) is 4.25. The van der Waals surface area contributed by atoms with Gasteiger partial charge in [-0.05, 0) is 39.7 Å². The largest absolute Gasteiger partial charge is 0.306 e. The van der Waals surface area contributed by atoms with Crippen LogP contribution in [0, 0.1) is 0 Å². The van der Waals surface area contributed by atoms with Crippen molar-refractivity contribution in [1.29, 1.82) is 0 Å². The monoisotopic (exact) mass is 302 g/mol. The fourth-order valence-corrected chi connectivity index (χ4v) is 1.73. The molecule has 0 aliphatic heterocycles. The quantitative estimate of drug-likeness (QED) is 0.882. The number of aromatic nitrogens is 1. The van der Waals surface area contributed by atoms with E-state index in [0.29, 0.717) is 5.82 Å². The first kappa shape index (κ1) is 12.5. The summed E-state index contributed by atoms with van der Waals surface area (Å²) in [5.74, 6) is 0.304. The van der Waals surface area contributed by atoms with Crippen LogP contribution >= 0.6 is 15.9 Å². The molecular weight excluding hydrogens is 292 g/mol. The summed E-state index contributed by atoms with van der Waals surface area (Å²) in [5, 5.41) is 2.70. The molecule has 1 N–H and O–H groups in total. The van der Waals surface area contributed by atoms with E-state index < -0.39 is 0 Å². The van der Waals surface area contributed by atoms with Crippen molar-refractivity contribution < 1.29 is 4.79 Å². The van der Waals surface area contributed by atoms with Crippen LogP contribution in [0.25, 0.3) is 6.08 Å². The average Bonchev–Trinajstić information content (AvgIpc) is 2.40. The summed E-state index contributed by atoms with van der Waals surface area (Å²) in [4.78, 5) is 15.7. The lowest BCUT2D eigenvalue weighted by molar-refractivity contribution is -0.111. The molecule has 1 aromatic heterocycles. The van der Waals surface area contributed by atoms with Gasteiger partial charge in [0.05, 0.1) is 4.47 Å². The molecule has 0 bridgehead atoms. The lowest BCUT2D eigenvalue weighted by Gasteiger charge is -2.02. The molecule has 1 heterocycles. The molecule has 2 aromatic rings. The third kappa shape index (κ3) is 3.53. The molecule has 0 saturated carbocycles. The van der Waals surface area contributed by atoms with Gasteiger partial charge in [-0.1, -0.05) is 30.3 Å². The van der Waals surface area contributed by atoms with Gasteiger partial charge in [0.1, 0.15) is 5.82 Å². The normalized spacial score (nSPS) is 10.5. The van der Waals surface area contributed by atoms with Crippen LogP contribution in [0.1, 0.15) is 5.56 Å². The predicted molar refractivity (Wildman–Crippen MR) is 76.0 cm³/mol. The van der Waals surface area contributed by atoms with Gasteiger partial charge in [0, 0.05) is 12.3 Å². The topological polar surface area (TPSA) is 42.0 Å². The maximum atomic E-state index is 11.7. The molecule has 18 heavy (non-hydrogen) atoms. The van der Waals surface area contributed by atoms with E-state index in [1.54, 1.807) is 18.3 Å². The smallest absolute Gasteiger partial charge is 0.249 e. The molecule has 90 valence electrons. The number of amides is 1. The van der Waals surface area contributed by atoms with Crippen LogP contribution in [-0.2, 0) is 4.79 Å². The maximum Gasteiger partial charge on any atom is 0.249 e. The Labute approximate surface area is 114 Å². The Balaban J connectivity index is 2.02. The second-order valence-corrected chi connectivity index (χ2v) is 4.42. The van der Waals surface area contributed by atoms with Gasteiger partial charge < -0.3 is 5.32 Å². The minimum absolute atomic E-state index is 0.210. The second kappa shape index (κ2) is 6.12. The number of hydrogen-bond donors (Lipinski definition) is 1. The van der Waals surface area contributed by atoms with Crippen molar-refractivity contribution in [3.8, 4) is 0 Å². The van der Waals surface area contributed by atoms with Crippen molar-refractivity contribution >= 4 is 33.7 Å². The van der Waals surface area contributed by atoms with Crippen LogP contribution in [0.2, 0.25) is 0 Å². The van der Waals surface area contributed by atoms with Gasteiger partial charge in [-0.3, -0.25) is 4.79 Å². The second-order valence-electron chi connectivity index (χ2n) is 3.57. The molecule has 1 aromatic carbocycles. The molecule has 0 aliphatic carbocycles. The summed E-state index contributed by atoms with van der Waals surface area (Å²) in [6.07, 6.45) is 4.86. The van der Waals surface area contributed by atoms with Gasteiger partial charge in [0.25, 0.3) is 0 Å². The summed E-state index contributed by atoms with van der Waals surface area (Å²) in [7, 11) is 0. The lowest BCUT2D eigenvalue weighted by Crippen LogP contribution is -2.09. The van der Waals surface area contributed by atoms with Gasteiger partial charge in [-0.2, -0.15) is 0 Å². The highest BCUT2D eigenvalue weighted by Crippen LogP contribution is 2.18. The summed E-state index contributed by atoms with van der Waals surface area (Å²) < 4.78 is 0.756. The highest BCUT2D eigenvalue weighted by atomic mass is 79.9. The third-order valence-corrected chi connectivity index (χ3v) is 2.87. The number of nitrogens with zero attached hydrogens (tertiary/aromatic N) is 1. The minimum Gasteiger partial charge on any atom is -0.306 e. The minimum atomic E-state index is -0.210. The van der Waals surface area contributed by atoms with Gasteiger partial charge in [-0.15, -0.1) is 0 Å². The van der Waals surface area contributed by atoms with E-state index in [1.165, 1.54) is 6.08 Å². The molecule has 3 nitrogen and oxygen atoms in total. The van der Waals surface area contributed by atoms with Crippen molar-refractivity contribution in [2.24, 2.45) is 0 Å². The number of hydrogen-bond acceptors (Lipinski definition) is 2. The fourth-order valence-electron chi connectivity index (χ4n) is 1.37. The molecule has 2 rings (SSSR count). The molecule has 0 saturated heterocycles. The Morgan fingerprint density at radius 1 is 1.17 bits per heavy atom. The SMILES string of the molecule is O=C(C=Cc1ccccc1)Nc1ncccc1Br. The summed E-state index contributed by atoms with van der Waals surface area (Å²) in [6, 6.07) is 13.3. The van der Waals surface area contributed by atoms with E-state index in [9.17, 15) is 4.79 Å². The average molecular weight is 303 g/mol. The molecule has 0 radical (unpaired) electrons. The summed E-state index contributed by atoms with van der Waals surface area (Å²) in [6.45, 7) is 0. The lowest BCUT2D eigenvalue weighted by atomic mass is 10.2. The van der Waals surface area contributed by atoms with Crippen LogP contribution in [0.5, 0.6) is 0 Å². The van der Waals surface area contributed by atoms with Crippen LogP contribution in [0.4, 0.5) is 5.82 Å². The molecule has 0 atom stereocenters. The van der Waals surface area contributed by atoms with E-state index in [0.717, 1.165) is 10.0 Å². The van der Waals surface area contributed by atoms with Gasteiger partial charge in [0.2, 0.25) is 5.91 Å². The number of halogens is 1. The van der Waals surface area contributed by atoms with Crippen LogP contribution in [0.15, 0.2) is 59.2 Å². The van der Waals surface area contributed by atoms with Gasteiger partial charge in [-0.25, -0.2) is 4.98 Å². The summed E-state index contributed by atoms with van der Waals surface area (Å²) in [5.41, 5.74) is 0.979. The highest BCUT2D eigenvalue weighted by Gasteiger charge is 2.02. The molecule has 0 aliphatic rings. The molecule has 4 heteroatoms. The van der Waals surface area contributed by atoms with Crippen LogP contribution in [-0.4, -0.2) is 10.9 Å². The number of rotatable bonds is 3. The Hall–Kier alpha value is -1.94. The number of pyridine rings is 1. The van der Waals surface area contributed by atoms with Crippen molar-refractivity contribution in [3.63, 3.8) is 0 Å². The molecule has 0 fully saturated rings. The zero-order chi connectivity index (χ0) is 12.8. The molecule has 0 spiro atoms. The van der Waals surface area contributed by atoms with E-state index in [4.69, 9.17) is 0 Å². The third-order valence-electron chi connectivity index (χ3n) is 2.23. The van der Waals surface area contributed by atoms with Crippen molar-refractivity contribution in [1.82, 2.24) is 4.98 Å². The van der Waals surface area contributed by atoms with E-state index in [2.05, 4.69) is 26.2 Å². The zero-order valence-corrected chi connectivity index (χ0v) is 11.1. The van der Waals surface area contributed by atoms with Crippen LogP contribution in [0.3, 0.4) is 0 Å². The Morgan fingerprint density at radius 3 is 2.67 bits per heavy atom. The first-order chi connectivity index (χ1) is 8.75. The standard InChI is InChI=1S/C14H11BrN2O/c15-12-7-4-10-16-14(12)17-13(18)9-8-11-5-2-1-3-6-11/h1-10H,(H,16,17,18). The number of anilines is 1. The van der Waals surface area contributed by atoms with Crippen molar-refractivity contribution in [2.75, 3.05) is 5.32 Å². The Bertz CT molecular complexity index is 567. The Morgan fingerprint density at radius 2 is 1.94 bits per heavy atom. The first-order valence-corrected chi connectivity index (χ1v) is 6.19. The number of nitrogens with one attached hydrogen (secondary N) is 1. The zero-order valence-electron chi connectivity index (χ0n) is 9.51. The predicted octanol–water partition coefficient (Wildman–Crippen LogP) is 3.50. The van der Waals surface area contributed by atoms with Crippen molar-refractivity contribution in [2.45, 2.75) is 0 Å². The van der Waals surface area contributed by atoms with Crippen molar-refractivity contribution in [3.05, 3.63) is 64.8 Å². The van der Waals surface area contributed by atoms with Gasteiger partial charge >= 0.3 is 0 Å². The van der Waals surface area contributed by atoms with E-state index >= 15 is 0 Å². The number of carbonyl (C=O) groups is 1. The molecule has 0 unspecified atom stereocenters. The molecule has 1 amide bonds. The number of carbonyl (C=O) groups excluding carboxylic acids is 1. The maximum absolute atomic E-state index is 11.7. The highest BCUT2D eigenvalue weighted by molar-refractivity contribution is 9.10. The van der Waals surface area contributed by atoms with E-state index in [-0.39, 0.29) is 5.91 Å². The van der Waals surface area contributed by atoms with Crippen LogP contribution < -0.4 is 5.32 Å². The molecular formula is C14H11BrN2O. The fraction of sp³-hybridized carbons (Fsp3) is 0. The first-order valence-electron chi connectivity index (χ1n) is 5.40. The number of benzene rings is 1.